The summed E-state index contributed by atoms with van der Waals surface area (Å²) in [6.45, 7) is 3.38. The van der Waals surface area contributed by atoms with Crippen molar-refractivity contribution in [3.8, 4) is 11.4 Å². The van der Waals surface area contributed by atoms with E-state index in [-0.39, 0.29) is 0 Å². The average Bonchev–Trinajstić information content (AvgIpc) is 3.04. The Morgan fingerprint density at radius 1 is 1.18 bits per heavy atom. The summed E-state index contributed by atoms with van der Waals surface area (Å²) < 4.78 is 32.6. The average molecular weight is 523 g/mol. The Morgan fingerprint density at radius 3 is 2.56 bits per heavy atom. The molecule has 0 spiro atoms. The van der Waals surface area contributed by atoms with Crippen LogP contribution < -0.4 is 14.5 Å². The van der Waals surface area contributed by atoms with E-state index in [1.165, 1.54) is 19.4 Å². The number of methoxy groups -OCH3 is 1. The number of amides is 1. The summed E-state index contributed by atoms with van der Waals surface area (Å²) in [6, 6.07) is 13.6. The van der Waals surface area contributed by atoms with E-state index in [1.807, 2.05) is 30.5 Å². The van der Waals surface area contributed by atoms with Crippen LogP contribution in [0.1, 0.15) is 17.0 Å². The lowest BCUT2D eigenvalue weighted by atomic mass is 10.2. The number of sulfonamides is 1. The standard InChI is InChI=1S/C23H24Cl2N4O4S/c1-15-10-17(16(2)29(15)22-9-8-18(24)11-21(22)25)13-26-27-23(30)14-28(34(4,31)32)19-6-5-7-20(12-19)33-3/h5-13H,14H2,1-4H3,(H,27,30)/b26-13-. The molecule has 0 saturated heterocycles. The number of nitrogens with one attached hydrogen (secondary N) is 1. The number of nitrogens with zero attached hydrogens (tertiary/aromatic N) is 3. The molecule has 0 atom stereocenters. The number of halogens is 2. The number of aromatic nitrogens is 1. The molecule has 2 aromatic carbocycles. The molecule has 0 unspecified atom stereocenters. The molecule has 180 valence electrons. The number of hydrazone groups is 1. The van der Waals surface area contributed by atoms with Gasteiger partial charge in [-0.25, -0.2) is 13.8 Å². The number of hydrogen-bond acceptors (Lipinski definition) is 5. The smallest absolute Gasteiger partial charge is 0.260 e. The summed E-state index contributed by atoms with van der Waals surface area (Å²) in [5.74, 6) is -0.125. The molecule has 0 fully saturated rings. The van der Waals surface area contributed by atoms with E-state index in [2.05, 4.69) is 10.5 Å². The maximum atomic E-state index is 12.5. The third-order valence-corrected chi connectivity index (χ3v) is 6.72. The zero-order valence-corrected chi connectivity index (χ0v) is 21.4. The second-order valence-electron chi connectivity index (χ2n) is 7.52. The monoisotopic (exact) mass is 522 g/mol. The lowest BCUT2D eigenvalue weighted by Gasteiger charge is -2.21. The van der Waals surface area contributed by atoms with Crippen LogP contribution in [0.15, 0.2) is 53.6 Å². The molecule has 3 rings (SSSR count). The number of carbonyl (C=O) groups is 1. The van der Waals surface area contributed by atoms with Crippen molar-refractivity contribution in [1.82, 2.24) is 9.99 Å². The van der Waals surface area contributed by atoms with Crippen LogP contribution in [0.2, 0.25) is 10.0 Å². The first-order valence-corrected chi connectivity index (χ1v) is 12.7. The van der Waals surface area contributed by atoms with Gasteiger partial charge in [0.05, 0.1) is 36.0 Å². The molecule has 0 aliphatic heterocycles. The Bertz CT molecular complexity index is 1350. The van der Waals surface area contributed by atoms with E-state index in [9.17, 15) is 13.2 Å². The molecule has 0 aliphatic rings. The molecule has 1 aromatic heterocycles. The molecule has 11 heteroatoms. The fourth-order valence-corrected chi connectivity index (χ4v) is 4.80. The quantitative estimate of drug-likeness (QED) is 0.352. The van der Waals surface area contributed by atoms with Crippen molar-refractivity contribution in [3.05, 3.63) is 75.5 Å². The normalized spacial score (nSPS) is 11.6. The highest BCUT2D eigenvalue weighted by molar-refractivity contribution is 7.92. The van der Waals surface area contributed by atoms with E-state index in [1.54, 1.807) is 30.3 Å². The first-order valence-electron chi connectivity index (χ1n) is 10.1. The number of anilines is 1. The highest BCUT2D eigenvalue weighted by Gasteiger charge is 2.21. The molecule has 0 radical (unpaired) electrons. The van der Waals surface area contributed by atoms with Crippen LogP contribution in [-0.2, 0) is 14.8 Å². The molecular weight excluding hydrogens is 499 g/mol. The summed E-state index contributed by atoms with van der Waals surface area (Å²) in [4.78, 5) is 12.5. The molecule has 8 nitrogen and oxygen atoms in total. The van der Waals surface area contributed by atoms with Crippen molar-refractivity contribution >= 4 is 51.0 Å². The van der Waals surface area contributed by atoms with Gasteiger partial charge in [-0.1, -0.05) is 29.3 Å². The van der Waals surface area contributed by atoms with Gasteiger partial charge in [-0.2, -0.15) is 5.10 Å². The summed E-state index contributed by atoms with van der Waals surface area (Å²) in [7, 11) is -2.25. The summed E-state index contributed by atoms with van der Waals surface area (Å²) in [5.41, 5.74) is 6.00. The van der Waals surface area contributed by atoms with Gasteiger partial charge in [0.15, 0.2) is 0 Å². The molecule has 34 heavy (non-hydrogen) atoms. The number of aryl methyl sites for hydroxylation is 1. The van der Waals surface area contributed by atoms with Gasteiger partial charge >= 0.3 is 0 Å². The third-order valence-electron chi connectivity index (χ3n) is 5.04. The van der Waals surface area contributed by atoms with Crippen LogP contribution in [0.3, 0.4) is 0 Å². The minimum Gasteiger partial charge on any atom is -0.497 e. The molecule has 1 N–H and O–H groups in total. The van der Waals surface area contributed by atoms with Crippen molar-refractivity contribution in [2.24, 2.45) is 5.10 Å². The number of benzene rings is 2. The fourth-order valence-electron chi connectivity index (χ4n) is 3.46. The molecule has 0 saturated carbocycles. The predicted octanol–water partition coefficient (Wildman–Crippen LogP) is 4.33. The summed E-state index contributed by atoms with van der Waals surface area (Å²) in [5, 5.41) is 5.06. The molecule has 1 heterocycles. The van der Waals surface area contributed by atoms with Crippen LogP contribution >= 0.6 is 23.2 Å². The Morgan fingerprint density at radius 2 is 1.91 bits per heavy atom. The van der Waals surface area contributed by atoms with Gasteiger partial charge in [0.2, 0.25) is 10.0 Å². The SMILES string of the molecule is COc1cccc(N(CC(=O)N/N=C\c2cc(C)n(-c3ccc(Cl)cc3Cl)c2C)S(C)(=O)=O)c1. The van der Waals surface area contributed by atoms with Crippen molar-refractivity contribution in [2.45, 2.75) is 13.8 Å². The Labute approximate surface area is 208 Å². The second kappa shape index (κ2) is 10.5. The minimum absolute atomic E-state index is 0.310. The van der Waals surface area contributed by atoms with Crippen molar-refractivity contribution in [3.63, 3.8) is 0 Å². The predicted molar refractivity (Wildman–Crippen MR) is 136 cm³/mol. The van der Waals surface area contributed by atoms with Crippen LogP contribution in [-0.4, -0.2) is 45.0 Å². The Hall–Kier alpha value is -3.01. The third kappa shape index (κ3) is 5.91. The van der Waals surface area contributed by atoms with E-state index in [0.717, 1.165) is 33.2 Å². The van der Waals surface area contributed by atoms with Gasteiger partial charge in [-0.05, 0) is 50.2 Å². The summed E-state index contributed by atoms with van der Waals surface area (Å²) in [6.07, 6.45) is 2.52. The van der Waals surface area contributed by atoms with Crippen molar-refractivity contribution in [2.75, 3.05) is 24.2 Å². The van der Waals surface area contributed by atoms with E-state index in [0.29, 0.717) is 21.5 Å². The Balaban J connectivity index is 1.76. The first-order chi connectivity index (χ1) is 16.0. The minimum atomic E-state index is -3.72. The van der Waals surface area contributed by atoms with Crippen LogP contribution in [0.5, 0.6) is 5.75 Å². The number of ether oxygens (including phenoxy) is 1. The van der Waals surface area contributed by atoms with E-state index in [4.69, 9.17) is 27.9 Å². The summed E-state index contributed by atoms with van der Waals surface area (Å²) >= 11 is 12.4. The topological polar surface area (TPSA) is 93.0 Å². The van der Waals surface area contributed by atoms with Gasteiger partial charge in [-0.15, -0.1) is 0 Å². The van der Waals surface area contributed by atoms with Crippen LogP contribution in [0.4, 0.5) is 5.69 Å². The molecule has 3 aromatic rings. The highest BCUT2D eigenvalue weighted by atomic mass is 35.5. The Kier molecular flexibility index (Phi) is 7.91. The zero-order chi connectivity index (χ0) is 25.0. The lowest BCUT2D eigenvalue weighted by molar-refractivity contribution is -0.119. The van der Waals surface area contributed by atoms with Gasteiger partial charge in [0, 0.05) is 28.0 Å². The zero-order valence-electron chi connectivity index (χ0n) is 19.0. The number of carbonyl (C=O) groups excluding carboxylic acids is 1. The van der Waals surface area contributed by atoms with Crippen molar-refractivity contribution in [1.29, 1.82) is 0 Å². The molecule has 0 aliphatic carbocycles. The van der Waals surface area contributed by atoms with E-state index < -0.39 is 22.5 Å². The fraction of sp³-hybridized carbons (Fsp3) is 0.217. The molecular formula is C23H24Cl2N4O4S. The molecule has 0 bridgehead atoms. The number of hydrogen-bond donors (Lipinski definition) is 1. The van der Waals surface area contributed by atoms with Gasteiger partial charge in [0.25, 0.3) is 5.91 Å². The number of rotatable bonds is 8. The van der Waals surface area contributed by atoms with Gasteiger partial charge in [-0.3, -0.25) is 9.10 Å². The lowest BCUT2D eigenvalue weighted by Crippen LogP contribution is -2.39. The van der Waals surface area contributed by atoms with Crippen LogP contribution in [0, 0.1) is 13.8 Å². The first kappa shape index (κ1) is 25.6. The van der Waals surface area contributed by atoms with Crippen molar-refractivity contribution < 1.29 is 17.9 Å². The maximum Gasteiger partial charge on any atom is 0.260 e. The maximum absolute atomic E-state index is 12.5. The largest absolute Gasteiger partial charge is 0.497 e. The second-order valence-corrected chi connectivity index (χ2v) is 10.3. The van der Waals surface area contributed by atoms with Gasteiger partial charge in [0.1, 0.15) is 12.3 Å². The van der Waals surface area contributed by atoms with Crippen LogP contribution in [0.25, 0.3) is 5.69 Å². The highest BCUT2D eigenvalue weighted by Crippen LogP contribution is 2.28. The molecule has 1 amide bonds. The van der Waals surface area contributed by atoms with E-state index >= 15 is 0 Å². The van der Waals surface area contributed by atoms with Gasteiger partial charge < -0.3 is 9.30 Å².